The normalized spacial score (nSPS) is 12.2. The minimum atomic E-state index is -0.506. The Morgan fingerprint density at radius 1 is 1.25 bits per heavy atom. The van der Waals surface area contributed by atoms with Gasteiger partial charge in [-0.1, -0.05) is 28.1 Å². The first-order chi connectivity index (χ1) is 9.47. The Bertz CT molecular complexity index is 632. The second kappa shape index (κ2) is 6.11. The Hall–Kier alpha value is -1.79. The zero-order valence-corrected chi connectivity index (χ0v) is 12.0. The second-order valence-electron chi connectivity index (χ2n) is 4.40. The van der Waals surface area contributed by atoms with E-state index in [0.717, 1.165) is 10.0 Å². The molecule has 0 fully saturated rings. The standard InChI is InChI=1S/C14H12BrFN2O2/c15-10-3-6-13(16)12(8-10)14(17)7-9-1-4-11(5-2-9)18(19)20/h1-6,8,14H,7,17H2. The van der Waals surface area contributed by atoms with Crippen LogP contribution in [0, 0.1) is 15.9 Å². The number of non-ortho nitro benzene ring substituents is 1. The van der Waals surface area contributed by atoms with Crippen molar-refractivity contribution >= 4 is 21.6 Å². The molecule has 0 radical (unpaired) electrons. The Morgan fingerprint density at radius 3 is 2.50 bits per heavy atom. The molecule has 0 aliphatic heterocycles. The lowest BCUT2D eigenvalue weighted by molar-refractivity contribution is -0.384. The predicted molar refractivity (Wildman–Crippen MR) is 77.8 cm³/mol. The summed E-state index contributed by atoms with van der Waals surface area (Å²) in [6.45, 7) is 0. The van der Waals surface area contributed by atoms with Crippen LogP contribution in [0.5, 0.6) is 0 Å². The Kier molecular flexibility index (Phi) is 4.46. The number of hydrogen-bond acceptors (Lipinski definition) is 3. The van der Waals surface area contributed by atoms with Gasteiger partial charge in [-0.2, -0.15) is 0 Å². The molecule has 0 amide bonds. The molecule has 2 aromatic carbocycles. The van der Waals surface area contributed by atoms with Crippen LogP contribution in [0.25, 0.3) is 0 Å². The van der Waals surface area contributed by atoms with Gasteiger partial charge in [-0.3, -0.25) is 10.1 Å². The third-order valence-electron chi connectivity index (χ3n) is 2.96. The van der Waals surface area contributed by atoms with E-state index in [1.165, 1.54) is 18.2 Å². The van der Waals surface area contributed by atoms with Gasteiger partial charge in [-0.15, -0.1) is 0 Å². The van der Waals surface area contributed by atoms with Crippen molar-refractivity contribution in [2.24, 2.45) is 5.73 Å². The van der Waals surface area contributed by atoms with Crippen molar-refractivity contribution in [2.45, 2.75) is 12.5 Å². The predicted octanol–water partition coefficient (Wildman–Crippen LogP) is 3.74. The van der Waals surface area contributed by atoms with Gasteiger partial charge in [0.2, 0.25) is 0 Å². The highest BCUT2D eigenvalue weighted by Crippen LogP contribution is 2.23. The molecule has 4 nitrogen and oxygen atoms in total. The molecule has 0 spiro atoms. The number of nitro groups is 1. The van der Waals surface area contributed by atoms with Crippen LogP contribution < -0.4 is 5.73 Å². The van der Waals surface area contributed by atoms with Crippen LogP contribution in [-0.4, -0.2) is 4.92 Å². The van der Waals surface area contributed by atoms with Gasteiger partial charge >= 0.3 is 0 Å². The molecular weight excluding hydrogens is 327 g/mol. The maximum absolute atomic E-state index is 13.7. The largest absolute Gasteiger partial charge is 0.324 e. The quantitative estimate of drug-likeness (QED) is 0.681. The number of hydrogen-bond donors (Lipinski definition) is 1. The SMILES string of the molecule is NC(Cc1ccc([N+](=O)[O-])cc1)c1cc(Br)ccc1F. The van der Waals surface area contributed by atoms with Crippen molar-refractivity contribution in [3.63, 3.8) is 0 Å². The molecule has 0 aliphatic rings. The topological polar surface area (TPSA) is 69.2 Å². The molecule has 0 bridgehead atoms. The van der Waals surface area contributed by atoms with Crippen molar-refractivity contribution in [1.29, 1.82) is 0 Å². The fourth-order valence-corrected chi connectivity index (χ4v) is 2.30. The van der Waals surface area contributed by atoms with E-state index < -0.39 is 11.0 Å². The van der Waals surface area contributed by atoms with Crippen molar-refractivity contribution in [1.82, 2.24) is 0 Å². The molecule has 0 saturated carbocycles. The fraction of sp³-hybridized carbons (Fsp3) is 0.143. The minimum Gasteiger partial charge on any atom is -0.324 e. The lowest BCUT2D eigenvalue weighted by Crippen LogP contribution is -2.15. The van der Waals surface area contributed by atoms with E-state index in [4.69, 9.17) is 5.73 Å². The van der Waals surface area contributed by atoms with E-state index in [9.17, 15) is 14.5 Å². The van der Waals surface area contributed by atoms with E-state index in [1.54, 1.807) is 24.3 Å². The lowest BCUT2D eigenvalue weighted by Gasteiger charge is -2.13. The molecule has 20 heavy (non-hydrogen) atoms. The number of nitrogens with zero attached hydrogens (tertiary/aromatic N) is 1. The monoisotopic (exact) mass is 338 g/mol. The zero-order valence-electron chi connectivity index (χ0n) is 10.4. The van der Waals surface area contributed by atoms with Gasteiger partial charge in [-0.05, 0) is 30.2 Å². The summed E-state index contributed by atoms with van der Waals surface area (Å²) in [4.78, 5) is 10.1. The number of benzene rings is 2. The van der Waals surface area contributed by atoms with Gasteiger partial charge in [0.1, 0.15) is 5.82 Å². The molecule has 104 valence electrons. The molecule has 0 aliphatic carbocycles. The number of halogens is 2. The van der Waals surface area contributed by atoms with Crippen molar-refractivity contribution in [3.05, 3.63) is 74.0 Å². The van der Waals surface area contributed by atoms with Gasteiger partial charge in [0.25, 0.3) is 5.69 Å². The number of nitro benzene ring substituents is 1. The van der Waals surface area contributed by atoms with Crippen LogP contribution in [0.2, 0.25) is 0 Å². The summed E-state index contributed by atoms with van der Waals surface area (Å²) in [6, 6.07) is 10.2. The molecule has 1 unspecified atom stereocenters. The Balaban J connectivity index is 2.16. The van der Waals surface area contributed by atoms with E-state index in [2.05, 4.69) is 15.9 Å². The van der Waals surface area contributed by atoms with Gasteiger partial charge in [0, 0.05) is 28.2 Å². The number of nitrogens with two attached hydrogens (primary N) is 1. The Morgan fingerprint density at radius 2 is 1.90 bits per heavy atom. The van der Waals surface area contributed by atoms with Crippen LogP contribution in [-0.2, 0) is 6.42 Å². The summed E-state index contributed by atoms with van der Waals surface area (Å²) < 4.78 is 14.5. The first kappa shape index (κ1) is 14.6. The molecule has 2 rings (SSSR count). The van der Waals surface area contributed by atoms with Crippen molar-refractivity contribution in [3.8, 4) is 0 Å². The summed E-state index contributed by atoms with van der Waals surface area (Å²) >= 11 is 3.28. The van der Waals surface area contributed by atoms with E-state index >= 15 is 0 Å². The summed E-state index contributed by atoms with van der Waals surface area (Å²) in [7, 11) is 0. The number of rotatable bonds is 4. The minimum absolute atomic E-state index is 0.0240. The Labute approximate surface area is 123 Å². The maximum atomic E-state index is 13.7. The average Bonchev–Trinajstić information content (AvgIpc) is 2.42. The summed E-state index contributed by atoms with van der Waals surface area (Å²) in [5.74, 6) is -0.359. The molecule has 0 saturated heterocycles. The third-order valence-corrected chi connectivity index (χ3v) is 3.45. The second-order valence-corrected chi connectivity index (χ2v) is 5.32. The summed E-state index contributed by atoms with van der Waals surface area (Å²) in [6.07, 6.45) is 0.408. The van der Waals surface area contributed by atoms with Crippen LogP contribution in [0.1, 0.15) is 17.2 Å². The maximum Gasteiger partial charge on any atom is 0.269 e. The molecule has 0 aromatic heterocycles. The summed E-state index contributed by atoms with van der Waals surface area (Å²) in [5, 5.41) is 10.6. The van der Waals surface area contributed by atoms with Crippen LogP contribution in [0.4, 0.5) is 10.1 Å². The highest BCUT2D eigenvalue weighted by Gasteiger charge is 2.13. The molecule has 2 aromatic rings. The highest BCUT2D eigenvalue weighted by molar-refractivity contribution is 9.10. The fourth-order valence-electron chi connectivity index (χ4n) is 1.92. The third kappa shape index (κ3) is 3.40. The van der Waals surface area contributed by atoms with Crippen LogP contribution in [0.15, 0.2) is 46.9 Å². The molecule has 1 atom stereocenters. The van der Waals surface area contributed by atoms with E-state index in [-0.39, 0.29) is 11.5 Å². The van der Waals surface area contributed by atoms with Crippen molar-refractivity contribution in [2.75, 3.05) is 0 Å². The van der Waals surface area contributed by atoms with Gasteiger partial charge in [0.15, 0.2) is 0 Å². The molecule has 6 heteroatoms. The van der Waals surface area contributed by atoms with Crippen LogP contribution >= 0.6 is 15.9 Å². The zero-order chi connectivity index (χ0) is 14.7. The molecular formula is C14H12BrFN2O2. The first-order valence-corrected chi connectivity index (χ1v) is 6.70. The average molecular weight is 339 g/mol. The first-order valence-electron chi connectivity index (χ1n) is 5.91. The van der Waals surface area contributed by atoms with Crippen molar-refractivity contribution < 1.29 is 9.31 Å². The molecule has 0 heterocycles. The highest BCUT2D eigenvalue weighted by atomic mass is 79.9. The molecule has 2 N–H and O–H groups in total. The van der Waals surface area contributed by atoms with E-state index in [1.807, 2.05) is 0 Å². The van der Waals surface area contributed by atoms with Gasteiger partial charge in [-0.25, -0.2) is 4.39 Å². The summed E-state index contributed by atoms with van der Waals surface area (Å²) in [5.41, 5.74) is 7.26. The smallest absolute Gasteiger partial charge is 0.269 e. The van der Waals surface area contributed by atoms with Gasteiger partial charge in [0.05, 0.1) is 4.92 Å². The van der Waals surface area contributed by atoms with Gasteiger partial charge < -0.3 is 5.73 Å². The van der Waals surface area contributed by atoms with E-state index in [0.29, 0.717) is 12.0 Å². The van der Waals surface area contributed by atoms with Crippen LogP contribution in [0.3, 0.4) is 0 Å². The lowest BCUT2D eigenvalue weighted by atomic mass is 9.99.